The van der Waals surface area contributed by atoms with Gasteiger partial charge in [0.1, 0.15) is 5.75 Å². The van der Waals surface area contributed by atoms with Gasteiger partial charge in [-0.15, -0.1) is 0 Å². The van der Waals surface area contributed by atoms with Crippen LogP contribution in [-0.4, -0.2) is 45.4 Å². The number of methoxy groups -OCH3 is 1. The summed E-state index contributed by atoms with van der Waals surface area (Å²) in [6.45, 7) is 1.68. The molecule has 1 aliphatic rings. The molecule has 0 spiro atoms. The third-order valence-electron chi connectivity index (χ3n) is 6.05. The van der Waals surface area contributed by atoms with E-state index in [-0.39, 0.29) is 17.7 Å². The number of piperidine rings is 1. The average Bonchev–Trinajstić information content (AvgIpc) is 3.45. The largest absolute Gasteiger partial charge is 0.496 e. The first-order valence-corrected chi connectivity index (χ1v) is 10.7. The number of carbonyl (C=O) groups excluding carboxylic acids is 1. The molecule has 0 radical (unpaired) electrons. The fourth-order valence-electron chi connectivity index (χ4n) is 4.44. The Morgan fingerprint density at radius 1 is 1.16 bits per heavy atom. The summed E-state index contributed by atoms with van der Waals surface area (Å²) in [6, 6.07) is 14.8. The number of nitrogens with zero attached hydrogens (tertiary/aromatic N) is 4. The maximum absolute atomic E-state index is 13.2. The van der Waals surface area contributed by atoms with Gasteiger partial charge in [0.05, 0.1) is 19.2 Å². The lowest BCUT2D eigenvalue weighted by Crippen LogP contribution is -2.40. The first kappa shape index (κ1) is 20.1. The van der Waals surface area contributed by atoms with Crippen LogP contribution in [0.25, 0.3) is 11.1 Å². The van der Waals surface area contributed by atoms with Crippen molar-refractivity contribution in [1.29, 1.82) is 0 Å². The van der Waals surface area contributed by atoms with Crippen LogP contribution in [0.1, 0.15) is 34.8 Å². The molecular formula is C24H24N4O4. The maximum Gasteiger partial charge on any atom is 0.420 e. The third kappa shape index (κ3) is 3.68. The minimum Gasteiger partial charge on any atom is -0.496 e. The molecule has 32 heavy (non-hydrogen) atoms. The standard InChI is InChI=1S/C24H24N4O4/c1-31-21-8-7-17(15-18(21)16-27-12-4-11-25-27)23(29)26-13-9-19(10-14-26)28-20-5-2-3-6-22(20)32-24(28)30/h2-8,11-12,15,19H,9-10,13-14,16H2,1H3. The summed E-state index contributed by atoms with van der Waals surface area (Å²) in [5, 5.41) is 4.24. The van der Waals surface area contributed by atoms with Crippen LogP contribution in [0.15, 0.2) is 70.1 Å². The van der Waals surface area contributed by atoms with Crippen molar-refractivity contribution >= 4 is 17.0 Å². The van der Waals surface area contributed by atoms with Gasteiger partial charge in [0, 0.05) is 42.7 Å². The Morgan fingerprint density at radius 3 is 2.72 bits per heavy atom. The van der Waals surface area contributed by atoms with E-state index in [4.69, 9.17) is 9.15 Å². The van der Waals surface area contributed by atoms with Crippen molar-refractivity contribution in [2.45, 2.75) is 25.4 Å². The number of fused-ring (bicyclic) bond motifs is 1. The molecule has 0 bridgehead atoms. The number of benzene rings is 2. The second-order valence-corrected chi connectivity index (χ2v) is 7.96. The topological polar surface area (TPSA) is 82.5 Å². The molecule has 0 atom stereocenters. The van der Waals surface area contributed by atoms with Gasteiger partial charge in [-0.3, -0.25) is 14.0 Å². The molecule has 8 heteroatoms. The molecule has 1 amide bonds. The zero-order chi connectivity index (χ0) is 22.1. The average molecular weight is 432 g/mol. The first-order valence-electron chi connectivity index (χ1n) is 10.7. The van der Waals surface area contributed by atoms with E-state index < -0.39 is 0 Å². The predicted octanol–water partition coefficient (Wildman–Crippen LogP) is 3.33. The summed E-state index contributed by atoms with van der Waals surface area (Å²) >= 11 is 0. The van der Waals surface area contributed by atoms with E-state index in [9.17, 15) is 9.59 Å². The number of amides is 1. The lowest BCUT2D eigenvalue weighted by atomic mass is 10.0. The zero-order valence-electron chi connectivity index (χ0n) is 17.8. The zero-order valence-corrected chi connectivity index (χ0v) is 17.8. The number of oxazole rings is 1. The highest BCUT2D eigenvalue weighted by atomic mass is 16.5. The van der Waals surface area contributed by atoms with Crippen molar-refractivity contribution in [3.05, 3.63) is 82.6 Å². The minimum absolute atomic E-state index is 0.0152. The number of para-hydroxylation sites is 2. The van der Waals surface area contributed by atoms with Crippen molar-refractivity contribution in [3.8, 4) is 5.75 Å². The van der Waals surface area contributed by atoms with Crippen LogP contribution in [0, 0.1) is 0 Å². The summed E-state index contributed by atoms with van der Waals surface area (Å²) < 4.78 is 14.4. The number of likely N-dealkylation sites (tertiary alicyclic amines) is 1. The van der Waals surface area contributed by atoms with Gasteiger partial charge >= 0.3 is 5.76 Å². The number of hydrogen-bond acceptors (Lipinski definition) is 5. The highest BCUT2D eigenvalue weighted by molar-refractivity contribution is 5.94. The molecule has 2 aromatic heterocycles. The number of carbonyl (C=O) groups is 1. The monoisotopic (exact) mass is 432 g/mol. The van der Waals surface area contributed by atoms with E-state index in [2.05, 4.69) is 5.10 Å². The summed E-state index contributed by atoms with van der Waals surface area (Å²) in [5.41, 5.74) is 2.92. The molecule has 0 saturated carbocycles. The molecule has 0 unspecified atom stereocenters. The lowest BCUT2D eigenvalue weighted by molar-refractivity contribution is 0.0693. The van der Waals surface area contributed by atoms with Crippen LogP contribution in [0.3, 0.4) is 0 Å². The molecule has 1 aliphatic heterocycles. The Hall–Kier alpha value is -3.81. The van der Waals surface area contributed by atoms with Gasteiger partial charge in [-0.2, -0.15) is 5.10 Å². The van der Waals surface area contributed by atoms with Crippen LogP contribution < -0.4 is 10.5 Å². The van der Waals surface area contributed by atoms with Gasteiger partial charge in [0.25, 0.3) is 5.91 Å². The van der Waals surface area contributed by atoms with Crippen molar-refractivity contribution in [3.63, 3.8) is 0 Å². The maximum atomic E-state index is 13.2. The predicted molar refractivity (Wildman–Crippen MR) is 119 cm³/mol. The van der Waals surface area contributed by atoms with Crippen LogP contribution in [0.5, 0.6) is 5.75 Å². The molecule has 3 heterocycles. The summed E-state index contributed by atoms with van der Waals surface area (Å²) in [6.07, 6.45) is 5.00. The summed E-state index contributed by atoms with van der Waals surface area (Å²) in [7, 11) is 1.62. The van der Waals surface area contributed by atoms with E-state index in [1.807, 2.05) is 47.5 Å². The Kier molecular flexibility index (Phi) is 5.26. The second-order valence-electron chi connectivity index (χ2n) is 7.96. The number of hydrogen-bond donors (Lipinski definition) is 0. The molecule has 4 aromatic rings. The Balaban J connectivity index is 1.32. The fraction of sp³-hybridized carbons (Fsp3) is 0.292. The van der Waals surface area contributed by atoms with Crippen molar-refractivity contribution < 1.29 is 13.9 Å². The number of ether oxygens (including phenoxy) is 1. The Morgan fingerprint density at radius 2 is 1.97 bits per heavy atom. The van der Waals surface area contributed by atoms with Gasteiger partial charge < -0.3 is 14.1 Å². The molecule has 2 aromatic carbocycles. The van der Waals surface area contributed by atoms with Gasteiger partial charge in [0.2, 0.25) is 0 Å². The van der Waals surface area contributed by atoms with E-state index in [1.165, 1.54) is 0 Å². The molecule has 5 rings (SSSR count). The molecule has 0 N–H and O–H groups in total. The van der Waals surface area contributed by atoms with E-state index in [1.54, 1.807) is 34.7 Å². The quantitative estimate of drug-likeness (QED) is 0.483. The van der Waals surface area contributed by atoms with Crippen molar-refractivity contribution in [1.82, 2.24) is 19.2 Å². The normalized spacial score (nSPS) is 14.7. The molecule has 1 fully saturated rings. The Labute approximate surface area is 184 Å². The molecule has 0 aliphatic carbocycles. The highest BCUT2D eigenvalue weighted by Gasteiger charge is 2.27. The number of aromatic nitrogens is 3. The minimum atomic E-state index is -0.339. The smallest absolute Gasteiger partial charge is 0.420 e. The lowest BCUT2D eigenvalue weighted by Gasteiger charge is -2.32. The summed E-state index contributed by atoms with van der Waals surface area (Å²) in [4.78, 5) is 27.5. The van der Waals surface area contributed by atoms with Gasteiger partial charge in [0.15, 0.2) is 5.58 Å². The van der Waals surface area contributed by atoms with E-state index >= 15 is 0 Å². The SMILES string of the molecule is COc1ccc(C(=O)N2CCC(n3c(=O)oc4ccccc43)CC2)cc1Cn1cccn1. The number of rotatable bonds is 5. The van der Waals surface area contributed by atoms with Gasteiger partial charge in [-0.25, -0.2) is 4.79 Å². The third-order valence-corrected chi connectivity index (χ3v) is 6.05. The fourth-order valence-corrected chi connectivity index (χ4v) is 4.44. The highest BCUT2D eigenvalue weighted by Crippen LogP contribution is 2.27. The van der Waals surface area contributed by atoms with Gasteiger partial charge in [-0.05, 0) is 49.2 Å². The molecule has 1 saturated heterocycles. The van der Waals surface area contributed by atoms with Crippen molar-refractivity contribution in [2.75, 3.05) is 20.2 Å². The molecule has 8 nitrogen and oxygen atoms in total. The van der Waals surface area contributed by atoms with E-state index in [0.717, 1.165) is 16.8 Å². The Bertz CT molecular complexity index is 1300. The van der Waals surface area contributed by atoms with Gasteiger partial charge in [-0.1, -0.05) is 12.1 Å². The first-order chi connectivity index (χ1) is 15.6. The van der Waals surface area contributed by atoms with E-state index in [0.29, 0.717) is 43.6 Å². The van der Waals surface area contributed by atoms with Crippen LogP contribution in [0.2, 0.25) is 0 Å². The van der Waals surface area contributed by atoms with Crippen LogP contribution >= 0.6 is 0 Å². The molecular weight excluding hydrogens is 408 g/mol. The second kappa shape index (κ2) is 8.37. The molecule has 164 valence electrons. The van der Waals surface area contributed by atoms with Crippen LogP contribution in [-0.2, 0) is 6.54 Å². The van der Waals surface area contributed by atoms with Crippen molar-refractivity contribution in [2.24, 2.45) is 0 Å². The summed E-state index contributed by atoms with van der Waals surface area (Å²) in [5.74, 6) is 0.369. The van der Waals surface area contributed by atoms with Crippen LogP contribution in [0.4, 0.5) is 0 Å².